The van der Waals surface area contributed by atoms with Crippen molar-refractivity contribution in [1.29, 1.82) is 0 Å². The van der Waals surface area contributed by atoms with E-state index in [-0.39, 0.29) is 0 Å². The molecule has 0 aromatic heterocycles. The van der Waals surface area contributed by atoms with E-state index in [1.54, 1.807) is 6.20 Å². The lowest BCUT2D eigenvalue weighted by Crippen LogP contribution is -2.39. The summed E-state index contributed by atoms with van der Waals surface area (Å²) in [6, 6.07) is 0.510. The molecule has 1 heterocycles. The Morgan fingerprint density at radius 2 is 1.71 bits per heavy atom. The average molecular weight is 241 g/mol. The molecule has 0 atom stereocenters. The molecule has 3 nitrogen and oxygen atoms in total. The molecule has 0 amide bonds. The van der Waals surface area contributed by atoms with Crippen LogP contribution in [0.1, 0.15) is 47.0 Å². The molecule has 1 fully saturated rings. The number of hydrazone groups is 1. The van der Waals surface area contributed by atoms with Crippen molar-refractivity contribution in [3.63, 3.8) is 0 Å². The fourth-order valence-corrected chi connectivity index (χ4v) is 1.58. The van der Waals surface area contributed by atoms with Gasteiger partial charge < -0.3 is 4.90 Å². The molecule has 17 heavy (non-hydrogen) atoms. The van der Waals surface area contributed by atoms with Gasteiger partial charge in [-0.05, 0) is 33.0 Å². The maximum absolute atomic E-state index is 3.90. The second-order valence-electron chi connectivity index (χ2n) is 3.95. The van der Waals surface area contributed by atoms with Crippen LogP contribution in [0, 0.1) is 0 Å². The van der Waals surface area contributed by atoms with E-state index in [1.165, 1.54) is 6.42 Å². The lowest BCUT2D eigenvalue weighted by atomic mass is 10.1. The fourth-order valence-electron chi connectivity index (χ4n) is 1.58. The minimum atomic E-state index is 0.510. The molecule has 0 unspecified atom stereocenters. The van der Waals surface area contributed by atoms with Gasteiger partial charge in [-0.1, -0.05) is 40.7 Å². The van der Waals surface area contributed by atoms with Crippen LogP contribution in [0.4, 0.5) is 0 Å². The molecule has 0 radical (unpaired) electrons. The summed E-state index contributed by atoms with van der Waals surface area (Å²) in [5.74, 6) is 0. The van der Waals surface area contributed by atoms with Crippen molar-refractivity contribution in [2.75, 3.05) is 20.1 Å². The van der Waals surface area contributed by atoms with E-state index in [0.29, 0.717) is 6.04 Å². The summed E-state index contributed by atoms with van der Waals surface area (Å²) in [6.07, 6.45) is 5.31. The zero-order valence-electron chi connectivity index (χ0n) is 12.4. The highest BCUT2D eigenvalue weighted by atomic mass is 15.5. The summed E-state index contributed by atoms with van der Waals surface area (Å²) < 4.78 is 0. The quantitative estimate of drug-likeness (QED) is 0.555. The second-order valence-corrected chi connectivity index (χ2v) is 3.95. The molecule has 0 bridgehead atoms. The molecule has 1 saturated heterocycles. The van der Waals surface area contributed by atoms with Gasteiger partial charge in [0.2, 0.25) is 0 Å². The van der Waals surface area contributed by atoms with Gasteiger partial charge in [0, 0.05) is 12.9 Å². The molecule has 0 spiro atoms. The van der Waals surface area contributed by atoms with Gasteiger partial charge in [0.15, 0.2) is 0 Å². The van der Waals surface area contributed by atoms with E-state index in [2.05, 4.69) is 44.2 Å². The maximum Gasteiger partial charge on any atom is 0.0543 e. The molecule has 0 aliphatic carbocycles. The average Bonchev–Trinajstić information content (AvgIpc) is 2.36. The van der Waals surface area contributed by atoms with E-state index in [1.807, 2.05) is 18.9 Å². The molecule has 0 aromatic rings. The lowest BCUT2D eigenvalue weighted by molar-refractivity contribution is 0.165. The Kier molecular flexibility index (Phi) is 14.4. The van der Waals surface area contributed by atoms with E-state index >= 15 is 0 Å². The maximum atomic E-state index is 3.90. The van der Waals surface area contributed by atoms with Crippen LogP contribution in [-0.4, -0.2) is 42.8 Å². The number of piperidine rings is 1. The van der Waals surface area contributed by atoms with Gasteiger partial charge in [0.1, 0.15) is 0 Å². The molecule has 0 N–H and O–H groups in total. The molecule has 102 valence electrons. The number of hydrogen-bond acceptors (Lipinski definition) is 3. The van der Waals surface area contributed by atoms with E-state index < -0.39 is 0 Å². The Balaban J connectivity index is 0. The van der Waals surface area contributed by atoms with Gasteiger partial charge in [0.05, 0.1) is 6.04 Å². The predicted molar refractivity (Wildman–Crippen MR) is 79.4 cm³/mol. The number of hydrogen-bond donors (Lipinski definition) is 0. The molecule has 1 aliphatic rings. The van der Waals surface area contributed by atoms with E-state index in [9.17, 15) is 0 Å². The highest BCUT2D eigenvalue weighted by Crippen LogP contribution is 2.15. The first-order chi connectivity index (χ1) is 8.19. The van der Waals surface area contributed by atoms with Crippen molar-refractivity contribution >= 4 is 6.72 Å². The van der Waals surface area contributed by atoms with Crippen molar-refractivity contribution in [2.45, 2.75) is 53.0 Å². The van der Waals surface area contributed by atoms with Crippen molar-refractivity contribution in [3.05, 3.63) is 12.8 Å². The van der Waals surface area contributed by atoms with Gasteiger partial charge in [-0.2, -0.15) is 5.10 Å². The first-order valence-corrected chi connectivity index (χ1v) is 6.75. The third kappa shape index (κ3) is 8.93. The Hall–Kier alpha value is -0.830. The second kappa shape index (κ2) is 13.2. The number of rotatable bonds is 3. The van der Waals surface area contributed by atoms with Gasteiger partial charge in [-0.3, -0.25) is 5.01 Å². The Bertz CT molecular complexity index is 164. The Morgan fingerprint density at radius 3 is 2.00 bits per heavy atom. The van der Waals surface area contributed by atoms with E-state index in [4.69, 9.17) is 0 Å². The van der Waals surface area contributed by atoms with Crippen LogP contribution in [0.15, 0.2) is 17.9 Å². The standard InChI is InChI=1S/C9H17N3.C3H8.C2H6/c1-4-12(10-2)9-5-7-11(3)8-6-9;1-3-2;1-2/h4,9H,1-2,5-8H2,3H3;3H2,1-2H3;1-2H3. The zero-order chi connectivity index (χ0) is 13.7. The normalized spacial score (nSPS) is 15.8. The fraction of sp³-hybridized carbons (Fsp3) is 0.786. The summed E-state index contributed by atoms with van der Waals surface area (Å²) in [5, 5.41) is 5.77. The first-order valence-electron chi connectivity index (χ1n) is 6.75. The van der Waals surface area contributed by atoms with Crippen LogP contribution in [0.5, 0.6) is 0 Å². The Labute approximate surface area is 108 Å². The highest BCUT2D eigenvalue weighted by molar-refractivity contribution is 5.23. The van der Waals surface area contributed by atoms with Crippen LogP contribution >= 0.6 is 0 Å². The molecule has 0 saturated carbocycles. The van der Waals surface area contributed by atoms with E-state index in [0.717, 1.165) is 25.9 Å². The van der Waals surface area contributed by atoms with Gasteiger partial charge >= 0.3 is 0 Å². The molecule has 0 aromatic carbocycles. The predicted octanol–water partition coefficient (Wildman–Crippen LogP) is 3.58. The van der Waals surface area contributed by atoms with Crippen molar-refractivity contribution in [1.82, 2.24) is 9.91 Å². The molecular formula is C14H31N3. The van der Waals surface area contributed by atoms with Crippen molar-refractivity contribution in [2.24, 2.45) is 5.10 Å². The summed E-state index contributed by atoms with van der Waals surface area (Å²) in [4.78, 5) is 2.33. The van der Waals surface area contributed by atoms with Crippen LogP contribution in [0.2, 0.25) is 0 Å². The largest absolute Gasteiger partial charge is 0.306 e. The monoisotopic (exact) mass is 241 g/mol. The van der Waals surface area contributed by atoms with Crippen LogP contribution in [0.3, 0.4) is 0 Å². The summed E-state index contributed by atoms with van der Waals surface area (Å²) >= 11 is 0. The SMILES string of the molecule is C=CN(N=C)C1CCN(C)CC1.CC.CCC. The van der Waals surface area contributed by atoms with Gasteiger partial charge in [-0.15, -0.1) is 0 Å². The third-order valence-electron chi connectivity index (χ3n) is 2.41. The molecule has 3 heteroatoms. The van der Waals surface area contributed by atoms with Crippen LogP contribution < -0.4 is 0 Å². The van der Waals surface area contributed by atoms with Crippen LogP contribution in [0.25, 0.3) is 0 Å². The minimum absolute atomic E-state index is 0.510. The summed E-state index contributed by atoms with van der Waals surface area (Å²) in [6.45, 7) is 17.8. The lowest BCUT2D eigenvalue weighted by Gasteiger charge is -2.33. The first kappa shape index (κ1) is 18.5. The Morgan fingerprint density at radius 1 is 1.29 bits per heavy atom. The van der Waals surface area contributed by atoms with Gasteiger partial charge in [-0.25, -0.2) is 0 Å². The molecule has 1 aliphatic heterocycles. The van der Waals surface area contributed by atoms with Crippen LogP contribution in [-0.2, 0) is 0 Å². The molecule has 1 rings (SSSR count). The molecular weight excluding hydrogens is 210 g/mol. The van der Waals surface area contributed by atoms with Crippen molar-refractivity contribution < 1.29 is 0 Å². The number of nitrogens with zero attached hydrogens (tertiary/aromatic N) is 3. The number of likely N-dealkylation sites (tertiary alicyclic amines) is 1. The summed E-state index contributed by atoms with van der Waals surface area (Å²) in [7, 11) is 2.15. The third-order valence-corrected chi connectivity index (χ3v) is 2.41. The minimum Gasteiger partial charge on any atom is -0.306 e. The zero-order valence-corrected chi connectivity index (χ0v) is 12.4. The van der Waals surface area contributed by atoms with Gasteiger partial charge in [0.25, 0.3) is 0 Å². The summed E-state index contributed by atoms with van der Waals surface area (Å²) in [5.41, 5.74) is 0. The highest BCUT2D eigenvalue weighted by Gasteiger charge is 2.19. The smallest absolute Gasteiger partial charge is 0.0543 e. The topological polar surface area (TPSA) is 18.8 Å². The van der Waals surface area contributed by atoms with Crippen molar-refractivity contribution in [3.8, 4) is 0 Å².